The van der Waals surface area contributed by atoms with Crippen LogP contribution in [0.4, 0.5) is 5.69 Å². The standard InChI is InChI=1S/C17H16BrNO4/c1-2-22-15-9-12(10-20)8-14(18)17(15)23-11-16(21)19-13-6-4-3-5-7-13/h3-10H,2,11H2,1H3,(H,19,21). The van der Waals surface area contributed by atoms with E-state index in [1.165, 1.54) is 0 Å². The largest absolute Gasteiger partial charge is 0.490 e. The summed E-state index contributed by atoms with van der Waals surface area (Å²) in [6.07, 6.45) is 0.721. The van der Waals surface area contributed by atoms with Gasteiger partial charge in [-0.2, -0.15) is 0 Å². The molecule has 23 heavy (non-hydrogen) atoms. The number of carbonyl (C=O) groups excluding carboxylic acids is 2. The van der Waals surface area contributed by atoms with E-state index in [-0.39, 0.29) is 12.5 Å². The lowest BCUT2D eigenvalue weighted by atomic mass is 10.2. The van der Waals surface area contributed by atoms with E-state index >= 15 is 0 Å². The second kappa shape index (κ2) is 8.33. The van der Waals surface area contributed by atoms with Crippen LogP contribution in [-0.2, 0) is 4.79 Å². The first kappa shape index (κ1) is 17.0. The highest BCUT2D eigenvalue weighted by Gasteiger charge is 2.14. The van der Waals surface area contributed by atoms with Gasteiger partial charge in [0, 0.05) is 11.3 Å². The molecule has 0 aliphatic carbocycles. The number of benzene rings is 2. The van der Waals surface area contributed by atoms with Crippen LogP contribution in [0.2, 0.25) is 0 Å². The van der Waals surface area contributed by atoms with Gasteiger partial charge in [0.2, 0.25) is 0 Å². The van der Waals surface area contributed by atoms with Gasteiger partial charge in [0.15, 0.2) is 18.1 Å². The number of hydrogen-bond donors (Lipinski definition) is 1. The van der Waals surface area contributed by atoms with E-state index in [9.17, 15) is 9.59 Å². The molecule has 0 radical (unpaired) electrons. The topological polar surface area (TPSA) is 64.6 Å². The van der Waals surface area contributed by atoms with Crippen LogP contribution in [0.5, 0.6) is 11.5 Å². The number of ether oxygens (including phenoxy) is 2. The van der Waals surface area contributed by atoms with Crippen LogP contribution in [0, 0.1) is 0 Å². The zero-order valence-corrected chi connectivity index (χ0v) is 14.1. The van der Waals surface area contributed by atoms with Crippen LogP contribution in [0.3, 0.4) is 0 Å². The van der Waals surface area contributed by atoms with Gasteiger partial charge in [-0.1, -0.05) is 18.2 Å². The van der Waals surface area contributed by atoms with Gasteiger partial charge < -0.3 is 14.8 Å². The summed E-state index contributed by atoms with van der Waals surface area (Å²) >= 11 is 3.33. The van der Waals surface area contributed by atoms with Crippen molar-refractivity contribution in [2.24, 2.45) is 0 Å². The minimum atomic E-state index is -0.287. The second-order valence-corrected chi connectivity index (χ2v) is 5.44. The third-order valence-electron chi connectivity index (χ3n) is 2.87. The molecule has 1 N–H and O–H groups in total. The van der Waals surface area contributed by atoms with Crippen LogP contribution < -0.4 is 14.8 Å². The number of halogens is 1. The maximum Gasteiger partial charge on any atom is 0.262 e. The van der Waals surface area contributed by atoms with Crippen molar-refractivity contribution in [1.29, 1.82) is 0 Å². The number of carbonyl (C=O) groups is 2. The third kappa shape index (κ3) is 4.82. The lowest BCUT2D eigenvalue weighted by molar-refractivity contribution is -0.118. The highest BCUT2D eigenvalue weighted by atomic mass is 79.9. The molecule has 0 fully saturated rings. The Bertz CT molecular complexity index is 688. The van der Waals surface area contributed by atoms with Crippen molar-refractivity contribution >= 4 is 33.8 Å². The van der Waals surface area contributed by atoms with Gasteiger partial charge in [0.25, 0.3) is 5.91 Å². The molecule has 5 nitrogen and oxygen atoms in total. The van der Waals surface area contributed by atoms with Gasteiger partial charge in [0.1, 0.15) is 6.29 Å². The first-order valence-corrected chi connectivity index (χ1v) is 7.82. The third-order valence-corrected chi connectivity index (χ3v) is 3.46. The molecule has 6 heteroatoms. The normalized spacial score (nSPS) is 10.0. The van der Waals surface area contributed by atoms with E-state index in [1.54, 1.807) is 24.3 Å². The van der Waals surface area contributed by atoms with Crippen molar-refractivity contribution in [3.63, 3.8) is 0 Å². The van der Waals surface area contributed by atoms with E-state index in [2.05, 4.69) is 21.2 Å². The van der Waals surface area contributed by atoms with E-state index in [0.29, 0.717) is 33.8 Å². The van der Waals surface area contributed by atoms with Gasteiger partial charge in [-0.15, -0.1) is 0 Å². The smallest absolute Gasteiger partial charge is 0.262 e. The molecule has 0 aliphatic rings. The number of amides is 1. The summed E-state index contributed by atoms with van der Waals surface area (Å²) in [4.78, 5) is 22.9. The Balaban J connectivity index is 2.07. The predicted octanol–water partition coefficient (Wildman–Crippen LogP) is 3.68. The summed E-state index contributed by atoms with van der Waals surface area (Å²) < 4.78 is 11.6. The Labute approximate surface area is 142 Å². The molecule has 2 aromatic carbocycles. The molecule has 0 heterocycles. The number of para-hydroxylation sites is 1. The maximum atomic E-state index is 11.9. The average Bonchev–Trinajstić information content (AvgIpc) is 2.55. The Hall–Kier alpha value is -2.34. The quantitative estimate of drug-likeness (QED) is 0.747. The molecule has 2 rings (SSSR count). The Morgan fingerprint density at radius 1 is 1.22 bits per heavy atom. The lowest BCUT2D eigenvalue weighted by Crippen LogP contribution is -2.20. The molecule has 0 unspecified atom stereocenters. The van der Waals surface area contributed by atoms with E-state index in [0.717, 1.165) is 6.29 Å². The minimum Gasteiger partial charge on any atom is -0.490 e. The molecule has 1 amide bonds. The number of anilines is 1. The Morgan fingerprint density at radius 3 is 2.61 bits per heavy atom. The molecule has 0 aromatic heterocycles. The first-order valence-electron chi connectivity index (χ1n) is 7.03. The molecule has 2 aromatic rings. The summed E-state index contributed by atoms with van der Waals surface area (Å²) in [5.74, 6) is 0.516. The van der Waals surface area contributed by atoms with E-state index in [1.807, 2.05) is 25.1 Å². The molecule has 0 saturated carbocycles. The average molecular weight is 378 g/mol. The molecule has 0 saturated heterocycles. The van der Waals surface area contributed by atoms with Crippen LogP contribution in [0.1, 0.15) is 17.3 Å². The monoisotopic (exact) mass is 377 g/mol. The first-order chi connectivity index (χ1) is 11.1. The molecule has 0 atom stereocenters. The van der Waals surface area contributed by atoms with Crippen LogP contribution >= 0.6 is 15.9 Å². The fourth-order valence-corrected chi connectivity index (χ4v) is 2.49. The fraction of sp³-hybridized carbons (Fsp3) is 0.176. The van der Waals surface area contributed by atoms with Crippen molar-refractivity contribution in [3.05, 3.63) is 52.5 Å². The Morgan fingerprint density at radius 2 is 1.96 bits per heavy atom. The molecular formula is C17H16BrNO4. The molecule has 120 valence electrons. The van der Waals surface area contributed by atoms with Gasteiger partial charge in [-0.25, -0.2) is 0 Å². The van der Waals surface area contributed by atoms with Crippen molar-refractivity contribution in [2.75, 3.05) is 18.5 Å². The van der Waals surface area contributed by atoms with Gasteiger partial charge in [-0.05, 0) is 47.1 Å². The van der Waals surface area contributed by atoms with Gasteiger partial charge in [0.05, 0.1) is 11.1 Å². The van der Waals surface area contributed by atoms with Crippen molar-refractivity contribution < 1.29 is 19.1 Å². The summed E-state index contributed by atoms with van der Waals surface area (Å²) in [6, 6.07) is 12.3. The number of hydrogen-bond acceptors (Lipinski definition) is 4. The molecule has 0 aliphatic heterocycles. The zero-order valence-electron chi connectivity index (χ0n) is 12.5. The van der Waals surface area contributed by atoms with E-state index in [4.69, 9.17) is 9.47 Å². The van der Waals surface area contributed by atoms with Crippen LogP contribution in [0.15, 0.2) is 46.9 Å². The van der Waals surface area contributed by atoms with Crippen molar-refractivity contribution in [2.45, 2.75) is 6.92 Å². The predicted molar refractivity (Wildman–Crippen MR) is 91.3 cm³/mol. The highest BCUT2D eigenvalue weighted by Crippen LogP contribution is 2.36. The number of nitrogens with one attached hydrogen (secondary N) is 1. The minimum absolute atomic E-state index is 0.173. The fourth-order valence-electron chi connectivity index (χ4n) is 1.92. The lowest BCUT2D eigenvalue weighted by Gasteiger charge is -2.14. The second-order valence-electron chi connectivity index (χ2n) is 4.58. The van der Waals surface area contributed by atoms with Crippen LogP contribution in [0.25, 0.3) is 0 Å². The summed E-state index contributed by atoms with van der Waals surface area (Å²) in [5.41, 5.74) is 1.16. The SMILES string of the molecule is CCOc1cc(C=O)cc(Br)c1OCC(=O)Nc1ccccc1. The summed E-state index contributed by atoms with van der Waals surface area (Å²) in [6.45, 7) is 2.07. The molecule has 0 bridgehead atoms. The summed E-state index contributed by atoms with van der Waals surface area (Å²) in [7, 11) is 0. The van der Waals surface area contributed by atoms with Gasteiger partial charge in [-0.3, -0.25) is 9.59 Å². The molecular weight excluding hydrogens is 362 g/mol. The van der Waals surface area contributed by atoms with Crippen molar-refractivity contribution in [1.82, 2.24) is 0 Å². The number of aldehydes is 1. The Kier molecular flexibility index (Phi) is 6.17. The highest BCUT2D eigenvalue weighted by molar-refractivity contribution is 9.10. The zero-order chi connectivity index (χ0) is 16.7. The van der Waals surface area contributed by atoms with Crippen molar-refractivity contribution in [3.8, 4) is 11.5 Å². The molecule has 0 spiro atoms. The van der Waals surface area contributed by atoms with E-state index < -0.39 is 0 Å². The maximum absolute atomic E-state index is 11.9. The summed E-state index contributed by atoms with van der Waals surface area (Å²) in [5, 5.41) is 2.73. The van der Waals surface area contributed by atoms with Gasteiger partial charge >= 0.3 is 0 Å². The number of rotatable bonds is 7. The van der Waals surface area contributed by atoms with Crippen LogP contribution in [-0.4, -0.2) is 25.4 Å².